The van der Waals surface area contributed by atoms with E-state index in [9.17, 15) is 0 Å². The fourth-order valence-electron chi connectivity index (χ4n) is 1.90. The minimum Gasteiger partial charge on any atom is -0.377 e. The van der Waals surface area contributed by atoms with Crippen molar-refractivity contribution in [3.8, 4) is 0 Å². The van der Waals surface area contributed by atoms with E-state index in [-0.39, 0.29) is 12.1 Å². The predicted molar refractivity (Wildman–Crippen MR) is 74.7 cm³/mol. The van der Waals surface area contributed by atoms with Crippen LogP contribution in [0, 0.1) is 0 Å². The third kappa shape index (κ3) is 4.42. The van der Waals surface area contributed by atoms with Crippen LogP contribution in [0.2, 0.25) is 0 Å². The number of ether oxygens (including phenoxy) is 1. The van der Waals surface area contributed by atoms with Gasteiger partial charge in [0.1, 0.15) is 0 Å². The van der Waals surface area contributed by atoms with Crippen LogP contribution in [0.1, 0.15) is 51.5 Å². The molecule has 0 aliphatic carbocycles. The van der Waals surface area contributed by atoms with E-state index in [1.54, 1.807) is 0 Å². The third-order valence-electron chi connectivity index (χ3n) is 2.92. The van der Waals surface area contributed by atoms with E-state index in [4.69, 9.17) is 4.74 Å². The molecule has 0 amide bonds. The van der Waals surface area contributed by atoms with Gasteiger partial charge >= 0.3 is 0 Å². The summed E-state index contributed by atoms with van der Waals surface area (Å²) in [5.74, 6) is 0. The molecule has 1 N–H and O–H groups in total. The zero-order valence-corrected chi connectivity index (χ0v) is 12.4. The highest BCUT2D eigenvalue weighted by Crippen LogP contribution is 2.15. The molecule has 104 valence electrons. The molecule has 4 heteroatoms. The van der Waals surface area contributed by atoms with Gasteiger partial charge in [-0.3, -0.25) is 4.68 Å². The monoisotopic (exact) mass is 253 g/mol. The average molecular weight is 253 g/mol. The standard InChI is InChI=1S/C14H27N3O/c1-6-8-15-13(10-18-11(3)4)14-9-12(7-2)16-17(14)5/h9,11,13,15H,6-8,10H2,1-5H3. The van der Waals surface area contributed by atoms with Crippen molar-refractivity contribution >= 4 is 0 Å². The summed E-state index contributed by atoms with van der Waals surface area (Å²) in [6.45, 7) is 10.1. The zero-order chi connectivity index (χ0) is 13.5. The lowest BCUT2D eigenvalue weighted by Crippen LogP contribution is -2.29. The first kappa shape index (κ1) is 15.2. The van der Waals surface area contributed by atoms with Crippen LogP contribution in [0.25, 0.3) is 0 Å². The van der Waals surface area contributed by atoms with E-state index in [1.807, 2.05) is 11.7 Å². The van der Waals surface area contributed by atoms with Crippen LogP contribution >= 0.6 is 0 Å². The highest BCUT2D eigenvalue weighted by molar-refractivity contribution is 5.14. The molecule has 1 aromatic rings. The van der Waals surface area contributed by atoms with Crippen molar-refractivity contribution in [3.05, 3.63) is 17.5 Å². The molecular weight excluding hydrogens is 226 g/mol. The van der Waals surface area contributed by atoms with E-state index in [0.29, 0.717) is 6.61 Å². The maximum Gasteiger partial charge on any atom is 0.0729 e. The van der Waals surface area contributed by atoms with Crippen LogP contribution in [0.5, 0.6) is 0 Å². The van der Waals surface area contributed by atoms with E-state index in [0.717, 1.165) is 25.1 Å². The molecule has 0 aliphatic rings. The normalized spacial score (nSPS) is 13.2. The van der Waals surface area contributed by atoms with Crippen molar-refractivity contribution in [2.24, 2.45) is 7.05 Å². The minimum absolute atomic E-state index is 0.227. The molecule has 1 atom stereocenters. The van der Waals surface area contributed by atoms with Gasteiger partial charge in [0.25, 0.3) is 0 Å². The number of nitrogens with one attached hydrogen (secondary N) is 1. The SMILES string of the molecule is CCCNC(COC(C)C)c1cc(CC)nn1C. The highest BCUT2D eigenvalue weighted by Gasteiger charge is 2.16. The number of aryl methyl sites for hydroxylation is 2. The Bertz CT molecular complexity index is 347. The van der Waals surface area contributed by atoms with Crippen LogP contribution in [-0.4, -0.2) is 29.0 Å². The molecule has 1 unspecified atom stereocenters. The van der Waals surface area contributed by atoms with Gasteiger partial charge in [-0.15, -0.1) is 0 Å². The molecule has 0 fully saturated rings. The van der Waals surface area contributed by atoms with Gasteiger partial charge in [-0.2, -0.15) is 5.10 Å². The van der Waals surface area contributed by atoms with Crippen molar-refractivity contribution in [2.75, 3.05) is 13.2 Å². The number of hydrogen-bond donors (Lipinski definition) is 1. The average Bonchev–Trinajstić information content (AvgIpc) is 2.71. The summed E-state index contributed by atoms with van der Waals surface area (Å²) in [6, 6.07) is 2.40. The Hall–Kier alpha value is -0.870. The lowest BCUT2D eigenvalue weighted by Gasteiger charge is -2.20. The van der Waals surface area contributed by atoms with Crippen LogP contribution in [-0.2, 0) is 18.2 Å². The maximum absolute atomic E-state index is 5.75. The van der Waals surface area contributed by atoms with Crippen LogP contribution < -0.4 is 5.32 Å². The molecule has 0 spiro atoms. The smallest absolute Gasteiger partial charge is 0.0729 e. The Morgan fingerprint density at radius 1 is 1.39 bits per heavy atom. The van der Waals surface area contributed by atoms with Crippen molar-refractivity contribution in [1.29, 1.82) is 0 Å². The van der Waals surface area contributed by atoms with Gasteiger partial charge in [0.2, 0.25) is 0 Å². The second kappa shape index (κ2) is 7.54. The third-order valence-corrected chi connectivity index (χ3v) is 2.92. The molecule has 4 nitrogen and oxygen atoms in total. The molecule has 1 rings (SSSR count). The Morgan fingerprint density at radius 2 is 2.11 bits per heavy atom. The molecule has 0 bridgehead atoms. The van der Waals surface area contributed by atoms with E-state index in [2.05, 4.69) is 44.2 Å². The van der Waals surface area contributed by atoms with Gasteiger partial charge in [-0.1, -0.05) is 13.8 Å². The molecular formula is C14H27N3O. The fraction of sp³-hybridized carbons (Fsp3) is 0.786. The molecule has 1 heterocycles. The van der Waals surface area contributed by atoms with Gasteiger partial charge in [0.15, 0.2) is 0 Å². The van der Waals surface area contributed by atoms with E-state index < -0.39 is 0 Å². The van der Waals surface area contributed by atoms with Gasteiger partial charge in [-0.05, 0) is 39.3 Å². The summed E-state index contributed by atoms with van der Waals surface area (Å²) in [7, 11) is 2.00. The molecule has 0 aliphatic heterocycles. The van der Waals surface area contributed by atoms with Gasteiger partial charge in [0, 0.05) is 7.05 Å². The predicted octanol–water partition coefficient (Wildman–Crippen LogP) is 2.45. The van der Waals surface area contributed by atoms with Crippen molar-refractivity contribution in [3.63, 3.8) is 0 Å². The van der Waals surface area contributed by atoms with Gasteiger partial charge in [0.05, 0.1) is 30.1 Å². The summed E-state index contributed by atoms with van der Waals surface area (Å²) in [5.41, 5.74) is 2.35. The van der Waals surface area contributed by atoms with Crippen molar-refractivity contribution in [1.82, 2.24) is 15.1 Å². The summed E-state index contributed by atoms with van der Waals surface area (Å²) in [6.07, 6.45) is 2.35. The molecule has 0 radical (unpaired) electrons. The maximum atomic E-state index is 5.75. The first-order valence-corrected chi connectivity index (χ1v) is 6.96. The Labute approximate surface area is 111 Å². The van der Waals surface area contributed by atoms with Crippen LogP contribution in [0.3, 0.4) is 0 Å². The molecule has 0 aromatic carbocycles. The quantitative estimate of drug-likeness (QED) is 0.773. The summed E-state index contributed by atoms with van der Waals surface area (Å²) >= 11 is 0. The summed E-state index contributed by atoms with van der Waals surface area (Å²) in [5, 5.41) is 8.04. The first-order chi connectivity index (χ1) is 8.58. The lowest BCUT2D eigenvalue weighted by molar-refractivity contribution is 0.0596. The number of aromatic nitrogens is 2. The minimum atomic E-state index is 0.227. The molecule has 0 saturated carbocycles. The largest absolute Gasteiger partial charge is 0.377 e. The van der Waals surface area contributed by atoms with E-state index >= 15 is 0 Å². The zero-order valence-electron chi connectivity index (χ0n) is 12.4. The van der Waals surface area contributed by atoms with Crippen molar-refractivity contribution in [2.45, 2.75) is 52.7 Å². The molecule has 1 aromatic heterocycles. The highest BCUT2D eigenvalue weighted by atomic mass is 16.5. The summed E-state index contributed by atoms with van der Waals surface area (Å²) in [4.78, 5) is 0. The number of hydrogen-bond acceptors (Lipinski definition) is 3. The Balaban J connectivity index is 2.75. The van der Waals surface area contributed by atoms with Gasteiger partial charge < -0.3 is 10.1 Å². The first-order valence-electron chi connectivity index (χ1n) is 6.96. The molecule has 0 saturated heterocycles. The van der Waals surface area contributed by atoms with E-state index in [1.165, 1.54) is 5.69 Å². The topological polar surface area (TPSA) is 39.1 Å². The number of rotatable bonds is 8. The van der Waals surface area contributed by atoms with Crippen LogP contribution in [0.4, 0.5) is 0 Å². The molecule has 18 heavy (non-hydrogen) atoms. The van der Waals surface area contributed by atoms with Gasteiger partial charge in [-0.25, -0.2) is 0 Å². The Kier molecular flexibility index (Phi) is 6.36. The number of nitrogens with zero attached hydrogens (tertiary/aromatic N) is 2. The van der Waals surface area contributed by atoms with Crippen molar-refractivity contribution < 1.29 is 4.74 Å². The van der Waals surface area contributed by atoms with Crippen LogP contribution in [0.15, 0.2) is 6.07 Å². The second-order valence-electron chi connectivity index (χ2n) is 4.93. The summed E-state index contributed by atoms with van der Waals surface area (Å²) < 4.78 is 7.72. The fourth-order valence-corrected chi connectivity index (χ4v) is 1.90. The lowest BCUT2D eigenvalue weighted by atomic mass is 10.2. The second-order valence-corrected chi connectivity index (χ2v) is 4.93. The Morgan fingerprint density at radius 3 is 2.61 bits per heavy atom.